The van der Waals surface area contributed by atoms with Crippen LogP contribution in [0.2, 0.25) is 5.02 Å². The maximum atomic E-state index is 13.1. The van der Waals surface area contributed by atoms with Gasteiger partial charge in [-0.1, -0.05) is 23.7 Å². The molecule has 0 bridgehead atoms. The lowest BCUT2D eigenvalue weighted by atomic mass is 10.2. The number of aromatic nitrogens is 1. The van der Waals surface area contributed by atoms with Gasteiger partial charge >= 0.3 is 0 Å². The maximum Gasteiger partial charge on any atom is 0.276 e. The van der Waals surface area contributed by atoms with Gasteiger partial charge in [0.25, 0.3) is 5.91 Å². The Morgan fingerprint density at radius 2 is 2.30 bits per heavy atom. The molecule has 27 heavy (non-hydrogen) atoms. The molecule has 1 amide bonds. The molecule has 1 atom stereocenters. The minimum absolute atomic E-state index is 0.0329. The Hall–Kier alpha value is -2.12. The zero-order valence-electron chi connectivity index (χ0n) is 15.1. The van der Waals surface area contributed by atoms with E-state index in [9.17, 15) is 9.18 Å². The van der Waals surface area contributed by atoms with Gasteiger partial charge in [-0.15, -0.1) is 0 Å². The quantitative estimate of drug-likeness (QED) is 0.672. The number of hydrogen-bond acceptors (Lipinski definition) is 5. The Morgan fingerprint density at radius 1 is 1.44 bits per heavy atom. The molecule has 0 saturated carbocycles. The van der Waals surface area contributed by atoms with Crippen molar-refractivity contribution in [2.45, 2.75) is 38.9 Å². The first-order valence-corrected chi connectivity index (χ1v) is 9.39. The van der Waals surface area contributed by atoms with Crippen LogP contribution in [-0.2, 0) is 11.3 Å². The molecule has 6 nitrogen and oxygen atoms in total. The highest BCUT2D eigenvalue weighted by molar-refractivity contribution is 6.32. The SMILES string of the molecule is CCCN(C[C@H]1CCCO1)C(=O)c1cc(COc2ccc(F)cc2Cl)on1. The summed E-state index contributed by atoms with van der Waals surface area (Å²) in [6, 6.07) is 5.41. The third kappa shape index (κ3) is 5.20. The summed E-state index contributed by atoms with van der Waals surface area (Å²) in [5.74, 6) is 0.0740. The van der Waals surface area contributed by atoms with E-state index < -0.39 is 5.82 Å². The third-order valence-corrected chi connectivity index (χ3v) is 4.57. The van der Waals surface area contributed by atoms with Crippen LogP contribution in [0.1, 0.15) is 42.4 Å². The number of carbonyl (C=O) groups excluding carboxylic acids is 1. The second-order valence-corrected chi connectivity index (χ2v) is 6.84. The van der Waals surface area contributed by atoms with Crippen LogP contribution < -0.4 is 4.74 Å². The van der Waals surface area contributed by atoms with Gasteiger partial charge in [0.15, 0.2) is 11.5 Å². The molecule has 146 valence electrons. The lowest BCUT2D eigenvalue weighted by Gasteiger charge is -2.24. The summed E-state index contributed by atoms with van der Waals surface area (Å²) in [5.41, 5.74) is 0.227. The molecule has 1 aromatic carbocycles. The molecule has 1 aliphatic rings. The number of halogens is 2. The van der Waals surface area contributed by atoms with Crippen molar-refractivity contribution in [2.75, 3.05) is 19.7 Å². The van der Waals surface area contributed by atoms with Gasteiger partial charge in [-0.2, -0.15) is 0 Å². The second kappa shape index (κ2) is 9.19. The van der Waals surface area contributed by atoms with Crippen molar-refractivity contribution in [1.29, 1.82) is 0 Å². The molecular weight excluding hydrogens is 375 g/mol. The van der Waals surface area contributed by atoms with E-state index in [2.05, 4.69) is 5.16 Å². The number of amides is 1. The number of carbonyl (C=O) groups is 1. The molecule has 0 N–H and O–H groups in total. The van der Waals surface area contributed by atoms with Gasteiger partial charge in [-0.25, -0.2) is 4.39 Å². The van der Waals surface area contributed by atoms with Crippen molar-refractivity contribution in [3.05, 3.63) is 46.6 Å². The number of nitrogens with zero attached hydrogens (tertiary/aromatic N) is 2. The molecule has 0 spiro atoms. The topological polar surface area (TPSA) is 64.8 Å². The number of benzene rings is 1. The molecule has 2 aromatic rings. The van der Waals surface area contributed by atoms with E-state index >= 15 is 0 Å². The first kappa shape index (κ1) is 19.6. The highest BCUT2D eigenvalue weighted by Gasteiger charge is 2.25. The van der Waals surface area contributed by atoms with Crippen LogP contribution in [0, 0.1) is 5.82 Å². The summed E-state index contributed by atoms with van der Waals surface area (Å²) in [6.45, 7) is 3.98. The van der Waals surface area contributed by atoms with Gasteiger partial charge in [-0.3, -0.25) is 4.79 Å². The Kier molecular flexibility index (Phi) is 6.68. The van der Waals surface area contributed by atoms with Gasteiger partial charge in [0.2, 0.25) is 0 Å². The zero-order valence-corrected chi connectivity index (χ0v) is 15.9. The van der Waals surface area contributed by atoms with E-state index in [0.717, 1.165) is 25.9 Å². The lowest BCUT2D eigenvalue weighted by Crippen LogP contribution is -2.38. The molecule has 0 aliphatic carbocycles. The van der Waals surface area contributed by atoms with Crippen LogP contribution in [0.5, 0.6) is 5.75 Å². The summed E-state index contributed by atoms with van der Waals surface area (Å²) in [6.07, 6.45) is 2.91. The fourth-order valence-corrected chi connectivity index (χ4v) is 3.19. The molecule has 1 aliphatic heterocycles. The van der Waals surface area contributed by atoms with E-state index in [1.807, 2.05) is 6.92 Å². The van der Waals surface area contributed by atoms with Crippen LogP contribution in [0.15, 0.2) is 28.8 Å². The number of rotatable bonds is 8. The van der Waals surface area contributed by atoms with Crippen molar-refractivity contribution in [3.63, 3.8) is 0 Å². The Balaban J connectivity index is 1.61. The van der Waals surface area contributed by atoms with Gasteiger partial charge in [0.05, 0.1) is 11.1 Å². The summed E-state index contributed by atoms with van der Waals surface area (Å²) < 4.78 is 29.4. The average Bonchev–Trinajstić information content (AvgIpc) is 3.32. The van der Waals surface area contributed by atoms with Crippen molar-refractivity contribution in [3.8, 4) is 5.75 Å². The highest BCUT2D eigenvalue weighted by atomic mass is 35.5. The first-order valence-electron chi connectivity index (χ1n) is 9.01. The van der Waals surface area contributed by atoms with Gasteiger partial charge in [-0.05, 0) is 37.5 Å². The van der Waals surface area contributed by atoms with E-state index in [0.29, 0.717) is 24.6 Å². The minimum Gasteiger partial charge on any atom is -0.484 e. The number of ether oxygens (including phenoxy) is 2. The number of hydrogen-bond donors (Lipinski definition) is 0. The largest absolute Gasteiger partial charge is 0.484 e. The summed E-state index contributed by atoms with van der Waals surface area (Å²) >= 11 is 5.92. The average molecular weight is 397 g/mol. The molecule has 1 aromatic heterocycles. The van der Waals surface area contributed by atoms with Gasteiger partial charge < -0.3 is 18.9 Å². The smallest absolute Gasteiger partial charge is 0.276 e. The van der Waals surface area contributed by atoms with E-state index in [-0.39, 0.29) is 29.3 Å². The van der Waals surface area contributed by atoms with Crippen molar-refractivity contribution < 1.29 is 23.2 Å². The Bertz CT molecular complexity index is 777. The summed E-state index contributed by atoms with van der Waals surface area (Å²) in [4.78, 5) is 14.5. The Labute approximate surface area is 162 Å². The monoisotopic (exact) mass is 396 g/mol. The van der Waals surface area contributed by atoms with Gasteiger partial charge in [0, 0.05) is 25.8 Å². The Morgan fingerprint density at radius 3 is 3.00 bits per heavy atom. The molecule has 8 heteroatoms. The fraction of sp³-hybridized carbons (Fsp3) is 0.474. The molecular formula is C19H22ClFN2O4. The van der Waals surface area contributed by atoms with E-state index in [4.69, 9.17) is 25.6 Å². The standard InChI is InChI=1S/C19H22ClFN2O4/c1-2-7-23(11-14-4-3-8-25-14)19(24)17-10-15(27-22-17)12-26-18-6-5-13(21)9-16(18)20/h5-6,9-10,14H,2-4,7-8,11-12H2,1H3/t14-/m1/s1. The lowest BCUT2D eigenvalue weighted by molar-refractivity contribution is 0.0518. The van der Waals surface area contributed by atoms with Crippen molar-refractivity contribution >= 4 is 17.5 Å². The molecule has 1 fully saturated rings. The summed E-state index contributed by atoms with van der Waals surface area (Å²) in [7, 11) is 0. The normalized spacial score (nSPS) is 16.5. The fourth-order valence-electron chi connectivity index (χ4n) is 2.96. The molecule has 0 radical (unpaired) electrons. The maximum absolute atomic E-state index is 13.1. The first-order chi connectivity index (χ1) is 13.1. The molecule has 1 saturated heterocycles. The van der Waals surface area contributed by atoms with Crippen molar-refractivity contribution in [2.24, 2.45) is 0 Å². The van der Waals surface area contributed by atoms with Crippen LogP contribution in [0.25, 0.3) is 0 Å². The zero-order chi connectivity index (χ0) is 19.2. The predicted octanol–water partition coefficient (Wildman–Crippen LogP) is 4.08. The van der Waals surface area contributed by atoms with Crippen LogP contribution in [0.3, 0.4) is 0 Å². The van der Waals surface area contributed by atoms with Crippen LogP contribution >= 0.6 is 11.6 Å². The second-order valence-electron chi connectivity index (χ2n) is 6.43. The van der Waals surface area contributed by atoms with Crippen LogP contribution in [0.4, 0.5) is 4.39 Å². The molecule has 0 unspecified atom stereocenters. The van der Waals surface area contributed by atoms with E-state index in [1.165, 1.54) is 18.2 Å². The van der Waals surface area contributed by atoms with Gasteiger partial charge in [0.1, 0.15) is 18.2 Å². The predicted molar refractivity (Wildman–Crippen MR) is 97.4 cm³/mol. The third-order valence-electron chi connectivity index (χ3n) is 4.27. The highest BCUT2D eigenvalue weighted by Crippen LogP contribution is 2.26. The minimum atomic E-state index is -0.442. The van der Waals surface area contributed by atoms with Crippen molar-refractivity contribution in [1.82, 2.24) is 10.1 Å². The van der Waals surface area contributed by atoms with E-state index in [1.54, 1.807) is 11.0 Å². The molecule has 3 rings (SSSR count). The summed E-state index contributed by atoms with van der Waals surface area (Å²) in [5, 5.41) is 4.03. The van der Waals surface area contributed by atoms with Crippen LogP contribution in [-0.4, -0.2) is 41.8 Å². The molecule has 2 heterocycles.